The predicted molar refractivity (Wildman–Crippen MR) is 76.2 cm³/mol. The quantitative estimate of drug-likeness (QED) is 0.780. The smallest absolute Gasteiger partial charge is 0.237 e. The summed E-state index contributed by atoms with van der Waals surface area (Å²) in [6, 6.07) is 8.06. The van der Waals surface area contributed by atoms with Crippen LogP contribution in [0.3, 0.4) is 0 Å². The molecule has 1 heterocycles. The molecule has 1 aliphatic rings. The molecule has 1 saturated heterocycles. The molecule has 1 fully saturated rings. The number of rotatable bonds is 4. The van der Waals surface area contributed by atoms with E-state index in [4.69, 9.17) is 0 Å². The first-order valence-corrected chi connectivity index (χ1v) is 7.10. The van der Waals surface area contributed by atoms with Gasteiger partial charge in [-0.1, -0.05) is 26.0 Å². The lowest BCUT2D eigenvalue weighted by Gasteiger charge is -2.31. The van der Waals surface area contributed by atoms with Crippen molar-refractivity contribution >= 4 is 17.4 Å². The third kappa shape index (κ3) is 2.86. The highest BCUT2D eigenvalue weighted by atomic mass is 16.2. The van der Waals surface area contributed by atoms with Crippen molar-refractivity contribution in [3.05, 3.63) is 29.8 Å². The molecule has 1 aliphatic heterocycles. The van der Waals surface area contributed by atoms with E-state index in [0.717, 1.165) is 25.1 Å². The number of nitrogens with zero attached hydrogens (tertiary/aromatic N) is 1. The summed E-state index contributed by atoms with van der Waals surface area (Å²) in [6.45, 7) is 4.65. The van der Waals surface area contributed by atoms with Gasteiger partial charge in [-0.15, -0.1) is 0 Å². The minimum atomic E-state index is -0.426. The Morgan fingerprint density at radius 3 is 2.53 bits per heavy atom. The van der Waals surface area contributed by atoms with Crippen molar-refractivity contribution in [2.24, 2.45) is 5.92 Å². The van der Waals surface area contributed by atoms with E-state index >= 15 is 0 Å². The third-order valence-corrected chi connectivity index (χ3v) is 3.83. The van der Waals surface area contributed by atoms with Crippen LogP contribution < -0.4 is 4.90 Å². The van der Waals surface area contributed by atoms with Gasteiger partial charge in [0.25, 0.3) is 0 Å². The maximum atomic E-state index is 12.4. The largest absolute Gasteiger partial charge is 0.312 e. The maximum Gasteiger partial charge on any atom is 0.237 e. The van der Waals surface area contributed by atoms with Gasteiger partial charge in [0.1, 0.15) is 5.78 Å². The highest BCUT2D eigenvalue weighted by Gasteiger charge is 2.33. The molecule has 3 heteroatoms. The van der Waals surface area contributed by atoms with Gasteiger partial charge in [-0.3, -0.25) is 9.59 Å². The molecule has 0 saturated carbocycles. The summed E-state index contributed by atoms with van der Waals surface area (Å²) in [5.74, 6) is -0.383. The number of aryl methyl sites for hydroxylation is 1. The van der Waals surface area contributed by atoms with Crippen LogP contribution in [0.2, 0.25) is 0 Å². The van der Waals surface area contributed by atoms with Gasteiger partial charge in [-0.25, -0.2) is 0 Å². The molecule has 2 rings (SSSR count). The first kappa shape index (κ1) is 13.8. The van der Waals surface area contributed by atoms with Crippen molar-refractivity contribution in [2.45, 2.75) is 39.5 Å². The molecule has 1 aromatic rings. The average molecular weight is 259 g/mol. The molecule has 0 bridgehead atoms. The summed E-state index contributed by atoms with van der Waals surface area (Å²) in [5, 5.41) is 0. The Bertz CT molecular complexity index is 464. The first-order chi connectivity index (χ1) is 9.17. The molecule has 3 nitrogen and oxygen atoms in total. The zero-order chi connectivity index (χ0) is 13.8. The van der Waals surface area contributed by atoms with Crippen LogP contribution in [0.15, 0.2) is 24.3 Å². The van der Waals surface area contributed by atoms with Gasteiger partial charge in [-0.2, -0.15) is 0 Å². The van der Waals surface area contributed by atoms with Crippen molar-refractivity contribution in [3.63, 3.8) is 0 Å². The Hall–Kier alpha value is -1.64. The van der Waals surface area contributed by atoms with Gasteiger partial charge >= 0.3 is 0 Å². The average Bonchev–Trinajstić information content (AvgIpc) is 2.47. The Morgan fingerprint density at radius 1 is 1.26 bits per heavy atom. The van der Waals surface area contributed by atoms with Crippen LogP contribution in [0, 0.1) is 5.92 Å². The molecule has 0 aromatic heterocycles. The van der Waals surface area contributed by atoms with Crippen LogP contribution in [0.25, 0.3) is 0 Å². The molecule has 0 spiro atoms. The number of benzene rings is 1. The summed E-state index contributed by atoms with van der Waals surface area (Å²) in [4.78, 5) is 26.0. The minimum Gasteiger partial charge on any atom is -0.312 e. The van der Waals surface area contributed by atoms with E-state index < -0.39 is 5.92 Å². The van der Waals surface area contributed by atoms with Crippen molar-refractivity contribution in [3.8, 4) is 0 Å². The van der Waals surface area contributed by atoms with Crippen LogP contribution in [0.1, 0.15) is 38.7 Å². The van der Waals surface area contributed by atoms with Crippen LogP contribution >= 0.6 is 0 Å². The normalized spacial score (nSPS) is 19.6. The van der Waals surface area contributed by atoms with E-state index in [1.54, 1.807) is 4.90 Å². The van der Waals surface area contributed by atoms with E-state index in [9.17, 15) is 9.59 Å². The number of Topliss-reactive ketones (excluding diaryl/α,β-unsaturated/α-hetero) is 1. The zero-order valence-electron chi connectivity index (χ0n) is 11.7. The SMILES string of the molecule is CCC(=O)C1CCCN(c2ccc(CC)cc2)C1=O. The number of anilines is 1. The fourth-order valence-corrected chi connectivity index (χ4v) is 2.59. The fraction of sp³-hybridized carbons (Fsp3) is 0.500. The molecule has 1 atom stereocenters. The molecule has 1 aromatic carbocycles. The molecule has 102 valence electrons. The van der Waals surface area contributed by atoms with Crippen molar-refractivity contribution in [1.82, 2.24) is 0 Å². The van der Waals surface area contributed by atoms with Gasteiger partial charge in [0.2, 0.25) is 5.91 Å². The molecular weight excluding hydrogens is 238 g/mol. The second-order valence-corrected chi connectivity index (χ2v) is 5.02. The number of piperidine rings is 1. The summed E-state index contributed by atoms with van der Waals surface area (Å²) in [5.41, 5.74) is 2.17. The lowest BCUT2D eigenvalue weighted by atomic mass is 9.91. The van der Waals surface area contributed by atoms with Gasteiger partial charge in [0.05, 0.1) is 5.92 Å². The van der Waals surface area contributed by atoms with E-state index in [-0.39, 0.29) is 11.7 Å². The number of hydrogen-bond donors (Lipinski definition) is 0. The van der Waals surface area contributed by atoms with E-state index in [1.165, 1.54) is 5.56 Å². The molecular formula is C16H21NO2. The lowest BCUT2D eigenvalue weighted by Crippen LogP contribution is -2.44. The molecule has 0 radical (unpaired) electrons. The first-order valence-electron chi connectivity index (χ1n) is 7.10. The summed E-state index contributed by atoms with van der Waals surface area (Å²) in [7, 11) is 0. The van der Waals surface area contributed by atoms with Gasteiger partial charge in [0, 0.05) is 18.7 Å². The van der Waals surface area contributed by atoms with Gasteiger partial charge in [0.15, 0.2) is 0 Å². The van der Waals surface area contributed by atoms with Crippen LogP contribution in [-0.4, -0.2) is 18.2 Å². The van der Waals surface area contributed by atoms with E-state index in [0.29, 0.717) is 12.8 Å². The monoisotopic (exact) mass is 259 g/mol. The van der Waals surface area contributed by atoms with Crippen molar-refractivity contribution in [1.29, 1.82) is 0 Å². The standard InChI is InChI=1S/C16H21NO2/c1-3-12-7-9-13(10-8-12)17-11-5-6-14(16(17)19)15(18)4-2/h7-10,14H,3-6,11H2,1-2H3. The Labute approximate surface area is 114 Å². The number of amides is 1. The number of carbonyl (C=O) groups is 2. The van der Waals surface area contributed by atoms with E-state index in [1.807, 2.05) is 31.2 Å². The molecule has 0 aliphatic carbocycles. The fourth-order valence-electron chi connectivity index (χ4n) is 2.59. The van der Waals surface area contributed by atoms with Crippen LogP contribution in [0.4, 0.5) is 5.69 Å². The van der Waals surface area contributed by atoms with Gasteiger partial charge < -0.3 is 4.90 Å². The minimum absolute atomic E-state index is 0.0256. The predicted octanol–water partition coefficient (Wildman–Crippen LogP) is 2.97. The summed E-state index contributed by atoms with van der Waals surface area (Å²) in [6.07, 6.45) is 3.04. The number of ketones is 1. The topological polar surface area (TPSA) is 37.4 Å². The number of hydrogen-bond acceptors (Lipinski definition) is 2. The zero-order valence-corrected chi connectivity index (χ0v) is 11.7. The van der Waals surface area contributed by atoms with Crippen molar-refractivity contribution < 1.29 is 9.59 Å². The summed E-state index contributed by atoms with van der Waals surface area (Å²) < 4.78 is 0. The van der Waals surface area contributed by atoms with Crippen LogP contribution in [0.5, 0.6) is 0 Å². The molecule has 1 amide bonds. The molecule has 1 unspecified atom stereocenters. The molecule has 0 N–H and O–H groups in total. The lowest BCUT2D eigenvalue weighted by molar-refractivity contribution is -0.133. The highest BCUT2D eigenvalue weighted by Crippen LogP contribution is 2.26. The Morgan fingerprint density at radius 2 is 1.95 bits per heavy atom. The second-order valence-electron chi connectivity index (χ2n) is 5.02. The van der Waals surface area contributed by atoms with Gasteiger partial charge in [-0.05, 0) is 37.0 Å². The van der Waals surface area contributed by atoms with Crippen molar-refractivity contribution in [2.75, 3.05) is 11.4 Å². The summed E-state index contributed by atoms with van der Waals surface area (Å²) >= 11 is 0. The second kappa shape index (κ2) is 6.00. The maximum absolute atomic E-state index is 12.4. The Kier molecular flexibility index (Phi) is 4.35. The third-order valence-electron chi connectivity index (χ3n) is 3.83. The number of carbonyl (C=O) groups excluding carboxylic acids is 2. The van der Waals surface area contributed by atoms with Crippen LogP contribution in [-0.2, 0) is 16.0 Å². The molecule has 19 heavy (non-hydrogen) atoms. The highest BCUT2D eigenvalue weighted by molar-refractivity contribution is 6.08. The Balaban J connectivity index is 2.18. The van der Waals surface area contributed by atoms with E-state index in [2.05, 4.69) is 6.92 Å².